The summed E-state index contributed by atoms with van der Waals surface area (Å²) in [4.78, 5) is 20.9. The van der Waals surface area contributed by atoms with Gasteiger partial charge in [-0.25, -0.2) is 0 Å². The predicted octanol–water partition coefficient (Wildman–Crippen LogP) is 2.78. The molecular formula is C15H12N6O5S. The Morgan fingerprint density at radius 2 is 1.85 bits per heavy atom. The Morgan fingerprint density at radius 1 is 1.11 bits per heavy atom. The molecule has 0 N–H and O–H groups in total. The quantitative estimate of drug-likeness (QED) is 0.339. The van der Waals surface area contributed by atoms with Crippen molar-refractivity contribution < 1.29 is 14.6 Å². The minimum Gasteiger partial charge on any atom is -0.497 e. The van der Waals surface area contributed by atoms with E-state index >= 15 is 0 Å². The summed E-state index contributed by atoms with van der Waals surface area (Å²) < 4.78 is 6.57. The standard InChI is InChI=1S/C15H12N6O5S/c1-26-13-5-2-11(3-6-13)19-15(16-17-18-19)27-9-10-8-12(20(22)23)4-7-14(10)21(24)25/h2-8H,9H2,1H3. The van der Waals surface area contributed by atoms with Crippen LogP contribution >= 0.6 is 11.8 Å². The van der Waals surface area contributed by atoms with Crippen LogP contribution in [0.3, 0.4) is 0 Å². The number of nitro groups is 2. The molecule has 0 saturated heterocycles. The lowest BCUT2D eigenvalue weighted by atomic mass is 10.2. The summed E-state index contributed by atoms with van der Waals surface area (Å²) >= 11 is 1.13. The maximum absolute atomic E-state index is 11.2. The van der Waals surface area contributed by atoms with Crippen LogP contribution in [0.5, 0.6) is 5.75 Å². The molecule has 1 heterocycles. The number of tetrazole rings is 1. The zero-order valence-electron chi connectivity index (χ0n) is 13.9. The minimum atomic E-state index is -0.598. The van der Waals surface area contributed by atoms with Crippen LogP contribution in [0.2, 0.25) is 0 Å². The smallest absolute Gasteiger partial charge is 0.273 e. The van der Waals surface area contributed by atoms with E-state index in [1.54, 1.807) is 31.4 Å². The molecule has 0 spiro atoms. The van der Waals surface area contributed by atoms with Crippen molar-refractivity contribution in [3.05, 3.63) is 68.3 Å². The number of aromatic nitrogens is 4. The average molecular weight is 388 g/mol. The highest BCUT2D eigenvalue weighted by Gasteiger charge is 2.20. The number of thioether (sulfide) groups is 1. The first-order valence-corrected chi connectivity index (χ1v) is 8.45. The fraction of sp³-hybridized carbons (Fsp3) is 0.133. The molecule has 0 aliphatic rings. The Kier molecular flexibility index (Phi) is 5.26. The van der Waals surface area contributed by atoms with Gasteiger partial charge in [-0.3, -0.25) is 20.2 Å². The molecule has 2 aromatic carbocycles. The molecule has 0 aliphatic heterocycles. The zero-order chi connectivity index (χ0) is 19.4. The Labute approximate surface area is 156 Å². The normalized spacial score (nSPS) is 10.6. The monoisotopic (exact) mass is 388 g/mol. The van der Waals surface area contributed by atoms with Gasteiger partial charge in [0.05, 0.1) is 22.6 Å². The summed E-state index contributed by atoms with van der Waals surface area (Å²) in [6, 6.07) is 10.4. The molecule has 12 heteroatoms. The number of nitro benzene ring substituents is 2. The van der Waals surface area contributed by atoms with Crippen LogP contribution in [-0.4, -0.2) is 37.2 Å². The third-order valence-electron chi connectivity index (χ3n) is 3.59. The Balaban J connectivity index is 1.85. The Bertz CT molecular complexity index is 991. The molecule has 3 aromatic rings. The summed E-state index contributed by atoms with van der Waals surface area (Å²) in [7, 11) is 1.55. The average Bonchev–Trinajstić information content (AvgIpc) is 3.14. The van der Waals surface area contributed by atoms with Gasteiger partial charge in [-0.2, -0.15) is 4.68 Å². The number of nitrogens with zero attached hydrogens (tertiary/aromatic N) is 6. The number of benzene rings is 2. The van der Waals surface area contributed by atoms with Crippen molar-refractivity contribution in [3.8, 4) is 11.4 Å². The van der Waals surface area contributed by atoms with Gasteiger partial charge in [0.2, 0.25) is 5.16 Å². The van der Waals surface area contributed by atoms with Crippen LogP contribution in [0.4, 0.5) is 11.4 Å². The van der Waals surface area contributed by atoms with Crippen molar-refractivity contribution in [1.29, 1.82) is 0 Å². The van der Waals surface area contributed by atoms with E-state index in [0.717, 1.165) is 23.9 Å². The van der Waals surface area contributed by atoms with Crippen LogP contribution in [0.1, 0.15) is 5.56 Å². The summed E-state index contributed by atoms with van der Waals surface area (Å²) in [5.74, 6) is 0.766. The second-order valence-electron chi connectivity index (χ2n) is 5.19. The van der Waals surface area contributed by atoms with Crippen molar-refractivity contribution in [2.45, 2.75) is 10.9 Å². The minimum absolute atomic E-state index is 0.0918. The predicted molar refractivity (Wildman–Crippen MR) is 95.0 cm³/mol. The van der Waals surface area contributed by atoms with E-state index in [0.29, 0.717) is 16.6 Å². The van der Waals surface area contributed by atoms with Gasteiger partial charge in [-0.05, 0) is 34.7 Å². The van der Waals surface area contributed by atoms with Crippen molar-refractivity contribution in [3.63, 3.8) is 0 Å². The molecular weight excluding hydrogens is 376 g/mol. The lowest BCUT2D eigenvalue weighted by Gasteiger charge is -2.06. The highest BCUT2D eigenvalue weighted by Crippen LogP contribution is 2.30. The summed E-state index contributed by atoms with van der Waals surface area (Å²) in [5, 5.41) is 34.0. The Morgan fingerprint density at radius 3 is 2.48 bits per heavy atom. The molecule has 0 amide bonds. The van der Waals surface area contributed by atoms with Gasteiger partial charge in [0.1, 0.15) is 5.75 Å². The maximum Gasteiger partial charge on any atom is 0.273 e. The first kappa shape index (κ1) is 18.3. The van der Waals surface area contributed by atoms with Crippen LogP contribution in [0.25, 0.3) is 5.69 Å². The summed E-state index contributed by atoms with van der Waals surface area (Å²) in [6.45, 7) is 0. The molecule has 0 fully saturated rings. The van der Waals surface area contributed by atoms with Crippen LogP contribution in [-0.2, 0) is 5.75 Å². The fourth-order valence-corrected chi connectivity index (χ4v) is 3.15. The van der Waals surface area contributed by atoms with E-state index in [-0.39, 0.29) is 22.7 Å². The van der Waals surface area contributed by atoms with Gasteiger partial charge in [0, 0.05) is 29.5 Å². The number of hydrogen-bond donors (Lipinski definition) is 0. The maximum atomic E-state index is 11.2. The second kappa shape index (κ2) is 7.78. The van der Waals surface area contributed by atoms with Gasteiger partial charge in [0.15, 0.2) is 0 Å². The molecule has 0 saturated carbocycles. The molecule has 11 nitrogen and oxygen atoms in total. The molecule has 0 radical (unpaired) electrons. The topological polar surface area (TPSA) is 139 Å². The fourth-order valence-electron chi connectivity index (χ4n) is 2.28. The van der Waals surface area contributed by atoms with Crippen molar-refractivity contribution in [2.75, 3.05) is 7.11 Å². The van der Waals surface area contributed by atoms with E-state index in [1.807, 2.05) is 0 Å². The molecule has 0 atom stereocenters. The Hall–Kier alpha value is -3.54. The molecule has 0 bridgehead atoms. The molecule has 138 valence electrons. The third kappa shape index (κ3) is 4.00. The van der Waals surface area contributed by atoms with Gasteiger partial charge < -0.3 is 4.74 Å². The number of ether oxygens (including phenoxy) is 1. The molecule has 0 aliphatic carbocycles. The first-order valence-electron chi connectivity index (χ1n) is 7.47. The number of rotatable bonds is 7. The van der Waals surface area contributed by atoms with E-state index in [2.05, 4.69) is 15.5 Å². The lowest BCUT2D eigenvalue weighted by molar-refractivity contribution is -0.389. The van der Waals surface area contributed by atoms with E-state index in [4.69, 9.17) is 4.74 Å². The number of methoxy groups -OCH3 is 1. The first-order chi connectivity index (χ1) is 13.0. The van der Waals surface area contributed by atoms with E-state index < -0.39 is 9.85 Å². The summed E-state index contributed by atoms with van der Waals surface area (Å²) in [5.41, 5.74) is 0.475. The molecule has 3 rings (SSSR count). The summed E-state index contributed by atoms with van der Waals surface area (Å²) in [6.07, 6.45) is 0. The van der Waals surface area contributed by atoms with Crippen LogP contribution < -0.4 is 4.74 Å². The highest BCUT2D eigenvalue weighted by molar-refractivity contribution is 7.98. The zero-order valence-corrected chi connectivity index (χ0v) is 14.7. The third-order valence-corrected chi connectivity index (χ3v) is 4.55. The SMILES string of the molecule is COc1ccc(-n2nnnc2SCc2cc([N+](=O)[O-])ccc2[N+](=O)[O-])cc1. The van der Waals surface area contributed by atoms with Gasteiger partial charge in [-0.1, -0.05) is 11.8 Å². The number of hydrogen-bond acceptors (Lipinski definition) is 9. The van der Waals surface area contributed by atoms with Crippen LogP contribution in [0, 0.1) is 20.2 Å². The second-order valence-corrected chi connectivity index (χ2v) is 6.13. The van der Waals surface area contributed by atoms with Crippen molar-refractivity contribution >= 4 is 23.1 Å². The van der Waals surface area contributed by atoms with Gasteiger partial charge in [-0.15, -0.1) is 5.10 Å². The van der Waals surface area contributed by atoms with Gasteiger partial charge >= 0.3 is 0 Å². The number of non-ortho nitro benzene ring substituents is 1. The molecule has 0 unspecified atom stereocenters. The molecule has 27 heavy (non-hydrogen) atoms. The van der Waals surface area contributed by atoms with E-state index in [9.17, 15) is 20.2 Å². The molecule has 1 aromatic heterocycles. The lowest BCUT2D eigenvalue weighted by Crippen LogP contribution is -2.00. The van der Waals surface area contributed by atoms with Gasteiger partial charge in [0.25, 0.3) is 11.4 Å². The largest absolute Gasteiger partial charge is 0.497 e. The van der Waals surface area contributed by atoms with Crippen molar-refractivity contribution in [2.24, 2.45) is 0 Å². The van der Waals surface area contributed by atoms with E-state index in [1.165, 1.54) is 10.7 Å². The highest BCUT2D eigenvalue weighted by atomic mass is 32.2. The van der Waals surface area contributed by atoms with Crippen molar-refractivity contribution in [1.82, 2.24) is 20.2 Å². The van der Waals surface area contributed by atoms with Crippen LogP contribution in [0.15, 0.2) is 47.6 Å².